The van der Waals surface area contributed by atoms with E-state index >= 15 is 0 Å². The van der Waals surface area contributed by atoms with Gasteiger partial charge in [-0.3, -0.25) is 4.90 Å². The smallest absolute Gasteiger partial charge is 0.0797 e. The van der Waals surface area contributed by atoms with Crippen molar-refractivity contribution in [1.82, 2.24) is 4.90 Å². The highest BCUT2D eigenvalue weighted by Crippen LogP contribution is 2.21. The SMILES string of the molecule is CCN1CCCC(=Cc2ccccc2)C1N. The lowest BCUT2D eigenvalue weighted by molar-refractivity contribution is 0.206. The van der Waals surface area contributed by atoms with Crippen LogP contribution in [-0.2, 0) is 0 Å². The van der Waals surface area contributed by atoms with Crippen molar-refractivity contribution in [3.8, 4) is 0 Å². The molecule has 1 heterocycles. The van der Waals surface area contributed by atoms with Crippen LogP contribution in [0.3, 0.4) is 0 Å². The van der Waals surface area contributed by atoms with Crippen molar-refractivity contribution < 1.29 is 0 Å². The minimum absolute atomic E-state index is 0.110. The van der Waals surface area contributed by atoms with Crippen LogP contribution in [0.1, 0.15) is 25.3 Å². The Labute approximate surface area is 97.8 Å². The van der Waals surface area contributed by atoms with Crippen molar-refractivity contribution >= 4 is 6.08 Å². The number of likely N-dealkylation sites (tertiary alicyclic amines) is 1. The van der Waals surface area contributed by atoms with Crippen molar-refractivity contribution in [2.45, 2.75) is 25.9 Å². The van der Waals surface area contributed by atoms with E-state index < -0.39 is 0 Å². The molecule has 2 nitrogen and oxygen atoms in total. The van der Waals surface area contributed by atoms with Crippen molar-refractivity contribution in [2.75, 3.05) is 13.1 Å². The van der Waals surface area contributed by atoms with Crippen molar-refractivity contribution in [1.29, 1.82) is 0 Å². The first-order valence-corrected chi connectivity index (χ1v) is 6.06. The number of rotatable bonds is 2. The molecule has 1 aliphatic heterocycles. The molecule has 0 amide bonds. The van der Waals surface area contributed by atoms with Crippen LogP contribution in [0.2, 0.25) is 0 Å². The monoisotopic (exact) mass is 216 g/mol. The molecule has 2 N–H and O–H groups in total. The lowest BCUT2D eigenvalue weighted by Crippen LogP contribution is -2.46. The molecule has 2 rings (SSSR count). The third-order valence-corrected chi connectivity index (χ3v) is 3.24. The molecule has 1 aromatic rings. The summed E-state index contributed by atoms with van der Waals surface area (Å²) in [6.45, 7) is 4.34. The van der Waals surface area contributed by atoms with E-state index in [0.29, 0.717) is 0 Å². The van der Waals surface area contributed by atoms with Crippen LogP contribution < -0.4 is 5.73 Å². The molecule has 0 radical (unpaired) electrons. The molecular weight excluding hydrogens is 196 g/mol. The summed E-state index contributed by atoms with van der Waals surface area (Å²) in [6.07, 6.45) is 4.71. The average Bonchev–Trinajstić information content (AvgIpc) is 2.33. The number of hydrogen-bond acceptors (Lipinski definition) is 2. The van der Waals surface area contributed by atoms with E-state index in [0.717, 1.165) is 19.5 Å². The first kappa shape index (κ1) is 11.4. The fourth-order valence-electron chi connectivity index (χ4n) is 2.28. The first-order valence-electron chi connectivity index (χ1n) is 6.06. The summed E-state index contributed by atoms with van der Waals surface area (Å²) in [5.41, 5.74) is 8.86. The van der Waals surface area contributed by atoms with E-state index in [1.165, 1.54) is 17.6 Å². The number of nitrogens with two attached hydrogens (primary N) is 1. The Hall–Kier alpha value is -1.12. The fourth-order valence-corrected chi connectivity index (χ4v) is 2.28. The van der Waals surface area contributed by atoms with Crippen LogP contribution in [0.4, 0.5) is 0 Å². The Morgan fingerprint density at radius 3 is 2.81 bits per heavy atom. The first-order chi connectivity index (χ1) is 7.81. The Bertz CT molecular complexity index is 356. The van der Waals surface area contributed by atoms with Gasteiger partial charge in [0, 0.05) is 6.54 Å². The largest absolute Gasteiger partial charge is 0.312 e. The number of benzene rings is 1. The van der Waals surface area contributed by atoms with E-state index in [1.807, 2.05) is 6.07 Å². The lowest BCUT2D eigenvalue weighted by atomic mass is 9.99. The molecule has 0 aromatic heterocycles. The molecule has 1 aliphatic rings. The second-order valence-corrected chi connectivity index (χ2v) is 4.31. The van der Waals surface area contributed by atoms with Crippen LogP contribution in [0.15, 0.2) is 35.9 Å². The molecule has 1 fully saturated rings. The number of piperidine rings is 1. The molecule has 1 atom stereocenters. The van der Waals surface area contributed by atoms with Crippen LogP contribution in [0, 0.1) is 0 Å². The lowest BCUT2D eigenvalue weighted by Gasteiger charge is -2.34. The zero-order chi connectivity index (χ0) is 11.4. The fraction of sp³-hybridized carbons (Fsp3) is 0.429. The Balaban J connectivity index is 2.17. The van der Waals surface area contributed by atoms with Crippen molar-refractivity contribution in [2.24, 2.45) is 5.73 Å². The van der Waals surface area contributed by atoms with Gasteiger partial charge in [-0.15, -0.1) is 0 Å². The second-order valence-electron chi connectivity index (χ2n) is 4.31. The highest BCUT2D eigenvalue weighted by atomic mass is 15.2. The molecule has 1 unspecified atom stereocenters. The van der Waals surface area contributed by atoms with E-state index in [2.05, 4.69) is 42.2 Å². The second kappa shape index (κ2) is 5.28. The number of hydrogen-bond donors (Lipinski definition) is 1. The predicted molar refractivity (Wildman–Crippen MR) is 68.9 cm³/mol. The summed E-state index contributed by atoms with van der Waals surface area (Å²) in [5.74, 6) is 0. The van der Waals surface area contributed by atoms with Gasteiger partial charge < -0.3 is 5.73 Å². The highest BCUT2D eigenvalue weighted by molar-refractivity contribution is 5.54. The normalized spacial score (nSPS) is 24.9. The van der Waals surface area contributed by atoms with Crippen LogP contribution in [-0.4, -0.2) is 24.2 Å². The third-order valence-electron chi connectivity index (χ3n) is 3.24. The van der Waals surface area contributed by atoms with E-state index in [1.54, 1.807) is 0 Å². The standard InChI is InChI=1S/C14H20N2/c1-2-16-10-6-9-13(14(16)15)11-12-7-4-3-5-8-12/h3-5,7-8,11,14H,2,6,9-10,15H2,1H3. The highest BCUT2D eigenvalue weighted by Gasteiger charge is 2.21. The van der Waals surface area contributed by atoms with Crippen molar-refractivity contribution in [3.05, 3.63) is 41.5 Å². The molecule has 0 aliphatic carbocycles. The summed E-state index contributed by atoms with van der Waals surface area (Å²) in [7, 11) is 0. The zero-order valence-electron chi connectivity index (χ0n) is 9.89. The molecule has 2 heteroatoms. The van der Waals surface area contributed by atoms with Crippen molar-refractivity contribution in [3.63, 3.8) is 0 Å². The van der Waals surface area contributed by atoms with Gasteiger partial charge in [-0.05, 0) is 30.5 Å². The summed E-state index contributed by atoms with van der Waals surface area (Å²) >= 11 is 0. The third kappa shape index (κ3) is 2.52. The van der Waals surface area contributed by atoms with Gasteiger partial charge in [0.15, 0.2) is 0 Å². The van der Waals surface area contributed by atoms with Gasteiger partial charge in [0.25, 0.3) is 0 Å². The molecule has 1 aromatic carbocycles. The maximum Gasteiger partial charge on any atom is 0.0797 e. The predicted octanol–water partition coefficient (Wildman–Crippen LogP) is 2.47. The molecule has 0 saturated carbocycles. The molecule has 86 valence electrons. The van der Waals surface area contributed by atoms with Crippen LogP contribution in [0.5, 0.6) is 0 Å². The maximum atomic E-state index is 6.24. The van der Waals surface area contributed by atoms with Gasteiger partial charge in [-0.25, -0.2) is 0 Å². The topological polar surface area (TPSA) is 29.3 Å². The Morgan fingerprint density at radius 1 is 1.38 bits per heavy atom. The molecule has 16 heavy (non-hydrogen) atoms. The summed E-state index contributed by atoms with van der Waals surface area (Å²) in [6, 6.07) is 10.4. The maximum absolute atomic E-state index is 6.24. The molecule has 1 saturated heterocycles. The van der Waals surface area contributed by atoms with E-state index in [-0.39, 0.29) is 6.17 Å². The van der Waals surface area contributed by atoms with E-state index in [4.69, 9.17) is 5.73 Å². The van der Waals surface area contributed by atoms with Gasteiger partial charge >= 0.3 is 0 Å². The van der Waals surface area contributed by atoms with Gasteiger partial charge in [0.05, 0.1) is 6.17 Å². The Kier molecular flexibility index (Phi) is 3.75. The van der Waals surface area contributed by atoms with Crippen LogP contribution >= 0.6 is 0 Å². The van der Waals surface area contributed by atoms with Gasteiger partial charge in [0.1, 0.15) is 0 Å². The zero-order valence-corrected chi connectivity index (χ0v) is 9.89. The minimum Gasteiger partial charge on any atom is -0.312 e. The number of nitrogens with zero attached hydrogens (tertiary/aromatic N) is 1. The van der Waals surface area contributed by atoms with Gasteiger partial charge in [0.2, 0.25) is 0 Å². The summed E-state index contributed by atoms with van der Waals surface area (Å²) in [5, 5.41) is 0. The molecule has 0 bridgehead atoms. The Morgan fingerprint density at radius 2 is 2.12 bits per heavy atom. The average molecular weight is 216 g/mol. The van der Waals surface area contributed by atoms with E-state index in [9.17, 15) is 0 Å². The van der Waals surface area contributed by atoms with Gasteiger partial charge in [-0.1, -0.05) is 43.3 Å². The molecular formula is C14H20N2. The quantitative estimate of drug-likeness (QED) is 0.823. The van der Waals surface area contributed by atoms with Gasteiger partial charge in [-0.2, -0.15) is 0 Å². The minimum atomic E-state index is 0.110. The number of likely N-dealkylation sites (N-methyl/N-ethyl adjacent to an activating group) is 1. The summed E-state index contributed by atoms with van der Waals surface area (Å²) in [4.78, 5) is 2.33. The van der Waals surface area contributed by atoms with Crippen LogP contribution in [0.25, 0.3) is 6.08 Å². The molecule has 0 spiro atoms. The summed E-state index contributed by atoms with van der Waals surface area (Å²) < 4.78 is 0.